The van der Waals surface area contributed by atoms with Gasteiger partial charge in [-0.2, -0.15) is 0 Å². The highest BCUT2D eigenvalue weighted by Gasteiger charge is 2.27. The van der Waals surface area contributed by atoms with Crippen LogP contribution in [0.1, 0.15) is 11.1 Å². The smallest absolute Gasteiger partial charge is 0.265 e. The van der Waals surface area contributed by atoms with Crippen LogP contribution in [-0.4, -0.2) is 37.4 Å². The lowest BCUT2D eigenvalue weighted by molar-refractivity contribution is -0.126. The Morgan fingerprint density at radius 1 is 1.04 bits per heavy atom. The number of hydrogen-bond acceptors (Lipinski definition) is 4. The summed E-state index contributed by atoms with van der Waals surface area (Å²) in [6.07, 6.45) is 0. The molecule has 140 valence electrons. The lowest BCUT2D eigenvalue weighted by Crippen LogP contribution is -2.46. The average Bonchev–Trinajstić information content (AvgIpc) is 2.65. The number of para-hydroxylation sites is 3. The molecule has 0 bridgehead atoms. The lowest BCUT2D eigenvalue weighted by Gasteiger charge is -2.28. The Labute approximate surface area is 157 Å². The third-order valence-corrected chi connectivity index (χ3v) is 4.30. The van der Waals surface area contributed by atoms with Gasteiger partial charge in [0, 0.05) is 5.69 Å². The first-order valence-electron chi connectivity index (χ1n) is 8.60. The first-order chi connectivity index (χ1) is 13.0. The fourth-order valence-corrected chi connectivity index (χ4v) is 2.90. The molecule has 1 aliphatic rings. The molecule has 3 rings (SSSR count). The minimum Gasteiger partial charge on any atom is -0.482 e. The molecule has 2 N–H and O–H groups in total. The fraction of sp³-hybridized carbons (Fsp3) is 0.250. The van der Waals surface area contributed by atoms with Crippen LogP contribution < -0.4 is 20.3 Å². The number of aryl methyl sites for hydroxylation is 2. The summed E-state index contributed by atoms with van der Waals surface area (Å²) in [6, 6.07) is 12.7. The predicted octanol–water partition coefficient (Wildman–Crippen LogP) is 1.78. The Balaban J connectivity index is 1.57. The first-order valence-corrected chi connectivity index (χ1v) is 8.60. The van der Waals surface area contributed by atoms with E-state index in [1.807, 2.05) is 32.0 Å². The summed E-state index contributed by atoms with van der Waals surface area (Å²) in [7, 11) is 0. The number of fused-ring (bicyclic) bond motifs is 1. The summed E-state index contributed by atoms with van der Waals surface area (Å²) in [5.41, 5.74) is 3.19. The van der Waals surface area contributed by atoms with Crippen LogP contribution in [0.3, 0.4) is 0 Å². The third-order valence-electron chi connectivity index (χ3n) is 4.30. The van der Waals surface area contributed by atoms with Gasteiger partial charge in [-0.15, -0.1) is 0 Å². The molecule has 0 radical (unpaired) electrons. The highest BCUT2D eigenvalue weighted by atomic mass is 16.5. The molecular weight excluding hydrogens is 346 g/mol. The number of rotatable bonds is 5. The molecule has 1 aliphatic heterocycles. The monoisotopic (exact) mass is 367 g/mol. The molecule has 0 spiro atoms. The van der Waals surface area contributed by atoms with E-state index in [-0.39, 0.29) is 31.5 Å². The van der Waals surface area contributed by atoms with Crippen molar-refractivity contribution in [3.63, 3.8) is 0 Å². The van der Waals surface area contributed by atoms with Crippen molar-refractivity contribution in [3.8, 4) is 5.75 Å². The van der Waals surface area contributed by atoms with Gasteiger partial charge in [-0.3, -0.25) is 19.3 Å². The Bertz CT molecular complexity index is 874. The number of hydrogen-bond donors (Lipinski definition) is 2. The molecule has 0 aromatic heterocycles. The second-order valence-corrected chi connectivity index (χ2v) is 6.33. The topological polar surface area (TPSA) is 87.7 Å². The van der Waals surface area contributed by atoms with Gasteiger partial charge in [0.05, 0.1) is 12.2 Å². The van der Waals surface area contributed by atoms with Crippen molar-refractivity contribution in [2.45, 2.75) is 13.8 Å². The van der Waals surface area contributed by atoms with Crippen molar-refractivity contribution in [1.82, 2.24) is 5.32 Å². The zero-order valence-corrected chi connectivity index (χ0v) is 15.2. The molecule has 0 fully saturated rings. The van der Waals surface area contributed by atoms with Gasteiger partial charge in [-0.25, -0.2) is 0 Å². The minimum absolute atomic E-state index is 0.114. The van der Waals surface area contributed by atoms with Gasteiger partial charge in [0.25, 0.3) is 5.91 Å². The van der Waals surface area contributed by atoms with Crippen LogP contribution in [-0.2, 0) is 14.4 Å². The van der Waals surface area contributed by atoms with Crippen LogP contribution in [0.15, 0.2) is 42.5 Å². The molecule has 27 heavy (non-hydrogen) atoms. The highest BCUT2D eigenvalue weighted by Crippen LogP contribution is 2.31. The second-order valence-electron chi connectivity index (χ2n) is 6.33. The maximum absolute atomic E-state index is 12.2. The summed E-state index contributed by atoms with van der Waals surface area (Å²) in [4.78, 5) is 37.8. The summed E-state index contributed by atoms with van der Waals surface area (Å²) in [6.45, 7) is 3.35. The van der Waals surface area contributed by atoms with E-state index >= 15 is 0 Å². The first kappa shape index (κ1) is 18.4. The number of ether oxygens (including phenoxy) is 1. The zero-order valence-electron chi connectivity index (χ0n) is 15.2. The van der Waals surface area contributed by atoms with Gasteiger partial charge >= 0.3 is 0 Å². The standard InChI is InChI=1S/C20H21N3O4/c1-13-6-5-7-14(2)20(13)22-17(24)10-21-18(25)11-23-15-8-3-4-9-16(15)27-12-19(23)26/h3-9H,10-12H2,1-2H3,(H,21,25)(H,22,24). The van der Waals surface area contributed by atoms with Crippen LogP contribution in [0.2, 0.25) is 0 Å². The molecule has 0 aliphatic carbocycles. The molecule has 0 atom stereocenters. The Hall–Kier alpha value is -3.35. The normalized spacial score (nSPS) is 12.8. The largest absolute Gasteiger partial charge is 0.482 e. The van der Waals surface area contributed by atoms with Gasteiger partial charge in [0.15, 0.2) is 6.61 Å². The van der Waals surface area contributed by atoms with E-state index in [0.29, 0.717) is 11.4 Å². The van der Waals surface area contributed by atoms with Crippen LogP contribution in [0.25, 0.3) is 0 Å². The third kappa shape index (κ3) is 4.25. The second kappa shape index (κ2) is 7.90. The quantitative estimate of drug-likeness (QED) is 0.843. The number of nitrogens with one attached hydrogen (secondary N) is 2. The van der Waals surface area contributed by atoms with E-state index in [1.165, 1.54) is 4.90 Å². The molecule has 7 heteroatoms. The molecule has 2 aromatic rings. The van der Waals surface area contributed by atoms with E-state index < -0.39 is 5.91 Å². The van der Waals surface area contributed by atoms with Crippen LogP contribution in [0.4, 0.5) is 11.4 Å². The number of carbonyl (C=O) groups is 3. The van der Waals surface area contributed by atoms with Crippen LogP contribution in [0, 0.1) is 13.8 Å². The van der Waals surface area contributed by atoms with E-state index in [0.717, 1.165) is 16.8 Å². The predicted molar refractivity (Wildman–Crippen MR) is 102 cm³/mol. The molecule has 0 saturated carbocycles. The van der Waals surface area contributed by atoms with Crippen molar-refractivity contribution >= 4 is 29.1 Å². The molecule has 0 saturated heterocycles. The Morgan fingerprint density at radius 3 is 2.48 bits per heavy atom. The molecule has 2 aromatic carbocycles. The number of benzene rings is 2. The summed E-state index contributed by atoms with van der Waals surface area (Å²) in [5.74, 6) is -0.493. The molecule has 0 unspecified atom stereocenters. The molecule has 1 heterocycles. The van der Waals surface area contributed by atoms with E-state index in [9.17, 15) is 14.4 Å². The number of nitrogens with zero attached hydrogens (tertiary/aromatic N) is 1. The summed E-state index contributed by atoms with van der Waals surface area (Å²) in [5, 5.41) is 5.36. The van der Waals surface area contributed by atoms with Gasteiger partial charge < -0.3 is 15.4 Å². The number of amides is 3. The SMILES string of the molecule is Cc1cccc(C)c1NC(=O)CNC(=O)CN1C(=O)COc2ccccc21. The van der Waals surface area contributed by atoms with Gasteiger partial charge in [0.2, 0.25) is 11.8 Å². The van der Waals surface area contributed by atoms with Crippen LogP contribution in [0.5, 0.6) is 5.75 Å². The average molecular weight is 367 g/mol. The Kier molecular flexibility index (Phi) is 5.40. The van der Waals surface area contributed by atoms with Crippen LogP contribution >= 0.6 is 0 Å². The molecule has 3 amide bonds. The van der Waals surface area contributed by atoms with Crippen molar-refractivity contribution in [2.24, 2.45) is 0 Å². The minimum atomic E-state index is -0.420. The van der Waals surface area contributed by atoms with Crippen molar-refractivity contribution in [3.05, 3.63) is 53.6 Å². The lowest BCUT2D eigenvalue weighted by atomic mass is 10.1. The maximum Gasteiger partial charge on any atom is 0.265 e. The van der Waals surface area contributed by atoms with Crippen molar-refractivity contribution in [2.75, 3.05) is 29.9 Å². The highest BCUT2D eigenvalue weighted by molar-refractivity contribution is 6.03. The van der Waals surface area contributed by atoms with E-state index in [2.05, 4.69) is 10.6 Å². The summed E-state index contributed by atoms with van der Waals surface area (Å²) < 4.78 is 5.35. The van der Waals surface area contributed by atoms with Gasteiger partial charge in [-0.05, 0) is 37.1 Å². The van der Waals surface area contributed by atoms with Crippen molar-refractivity contribution in [1.29, 1.82) is 0 Å². The molecule has 7 nitrogen and oxygen atoms in total. The van der Waals surface area contributed by atoms with Gasteiger partial charge in [-0.1, -0.05) is 30.3 Å². The van der Waals surface area contributed by atoms with E-state index in [4.69, 9.17) is 4.74 Å². The maximum atomic E-state index is 12.2. The number of carbonyl (C=O) groups excluding carboxylic acids is 3. The van der Waals surface area contributed by atoms with Crippen molar-refractivity contribution < 1.29 is 19.1 Å². The van der Waals surface area contributed by atoms with Gasteiger partial charge in [0.1, 0.15) is 12.3 Å². The Morgan fingerprint density at radius 2 is 1.74 bits per heavy atom. The number of anilines is 2. The van der Waals surface area contributed by atoms with E-state index in [1.54, 1.807) is 24.3 Å². The molecular formula is C20H21N3O4. The fourth-order valence-electron chi connectivity index (χ4n) is 2.90. The zero-order chi connectivity index (χ0) is 19.4. The summed E-state index contributed by atoms with van der Waals surface area (Å²) >= 11 is 0.